The van der Waals surface area contributed by atoms with Gasteiger partial charge in [-0.3, -0.25) is 9.59 Å². The number of rotatable bonds is 44. The maximum Gasteiger partial charge on any atom is 0.305 e. The summed E-state index contributed by atoms with van der Waals surface area (Å²) in [6.45, 7) is 5.29. The summed E-state index contributed by atoms with van der Waals surface area (Å²) < 4.78 is 17.2. The van der Waals surface area contributed by atoms with E-state index in [9.17, 15) is 14.7 Å². The number of hydrogen-bond acceptors (Lipinski definition) is 9. The molecule has 0 radical (unpaired) electrons. The van der Waals surface area contributed by atoms with Crippen LogP contribution in [0.4, 0.5) is 0 Å². The van der Waals surface area contributed by atoms with E-state index in [2.05, 4.69) is 38.2 Å². The first kappa shape index (κ1) is 55.2. The fourth-order valence-electron chi connectivity index (χ4n) is 7.14. The number of nitrogens with two attached hydrogens (primary N) is 3. The Balaban J connectivity index is 4.18. The van der Waals surface area contributed by atoms with Crippen molar-refractivity contribution >= 4 is 11.9 Å². The summed E-state index contributed by atoms with van der Waals surface area (Å²) in [7, 11) is 0. The molecule has 0 saturated carbocycles. The van der Waals surface area contributed by atoms with Crippen LogP contribution in [0.5, 0.6) is 0 Å². The zero-order valence-electron chi connectivity index (χ0n) is 37.3. The number of ether oxygens (including phenoxy) is 3. The van der Waals surface area contributed by atoms with Gasteiger partial charge < -0.3 is 36.5 Å². The highest BCUT2D eigenvalue weighted by atomic mass is 16.5. The number of esters is 2. The molecular weight excluding hydrogens is 715 g/mol. The molecule has 0 aromatic heterocycles. The molecule has 3 unspecified atom stereocenters. The molecule has 0 bridgehead atoms. The monoisotopic (exact) mass is 808 g/mol. The van der Waals surface area contributed by atoms with Crippen LogP contribution in [0.1, 0.15) is 219 Å². The first-order valence-corrected chi connectivity index (χ1v) is 23.9. The van der Waals surface area contributed by atoms with Gasteiger partial charge in [0.1, 0.15) is 0 Å². The fraction of sp³-hybridized carbons (Fsp3) is 0.875. The quantitative estimate of drug-likeness (QED) is 0.0267. The average molecular weight is 808 g/mol. The summed E-state index contributed by atoms with van der Waals surface area (Å²) in [5.74, 6) is -0.351. The molecule has 9 nitrogen and oxygen atoms in total. The Morgan fingerprint density at radius 2 is 0.947 bits per heavy atom. The summed E-state index contributed by atoms with van der Waals surface area (Å²) in [5.41, 5.74) is 17.6. The first-order chi connectivity index (χ1) is 27.8. The standard InChI is InChI=1S/C48H93N3O6/c1-3-5-7-9-11-13-15-17-19-21-23-25-27-29-31-36-46(53)55-39-33-35-45(51)48(43-50,57-42-44(52)41-49)38-34-40-56-47(54)37-32-30-28-26-24-22-20-18-16-14-12-10-8-6-4-2/h17-20,44-45,52H,3-16,21-43,49-51H2,1-2H3/b19-17-,20-18-. The predicted molar refractivity (Wildman–Crippen MR) is 240 cm³/mol. The Bertz CT molecular complexity index is 947. The van der Waals surface area contributed by atoms with E-state index in [0.29, 0.717) is 38.5 Å². The zero-order valence-corrected chi connectivity index (χ0v) is 37.3. The molecule has 57 heavy (non-hydrogen) atoms. The van der Waals surface area contributed by atoms with E-state index in [0.717, 1.165) is 51.4 Å². The number of aliphatic hydroxyl groups is 1. The lowest BCUT2D eigenvalue weighted by Gasteiger charge is -2.39. The van der Waals surface area contributed by atoms with E-state index in [1.807, 2.05) is 0 Å². The van der Waals surface area contributed by atoms with Gasteiger partial charge in [0.25, 0.3) is 0 Å². The van der Waals surface area contributed by atoms with E-state index in [1.54, 1.807) is 0 Å². The summed E-state index contributed by atoms with van der Waals surface area (Å²) in [4.78, 5) is 24.7. The molecule has 0 saturated heterocycles. The lowest BCUT2D eigenvalue weighted by molar-refractivity contribution is -0.146. The molecule has 336 valence electrons. The summed E-state index contributed by atoms with van der Waals surface area (Å²) in [5, 5.41) is 10.1. The van der Waals surface area contributed by atoms with Crippen molar-refractivity contribution < 1.29 is 28.9 Å². The molecule has 0 spiro atoms. The molecule has 9 heteroatoms. The van der Waals surface area contributed by atoms with E-state index in [1.165, 1.54) is 116 Å². The largest absolute Gasteiger partial charge is 0.466 e. The summed E-state index contributed by atoms with van der Waals surface area (Å²) in [6.07, 6.45) is 43.2. The van der Waals surface area contributed by atoms with Crippen LogP contribution in [0, 0.1) is 0 Å². The second-order valence-electron chi connectivity index (χ2n) is 16.4. The lowest BCUT2D eigenvalue weighted by Crippen LogP contribution is -2.56. The third-order valence-corrected chi connectivity index (χ3v) is 11.1. The molecule has 0 aromatic carbocycles. The molecule has 0 rings (SSSR count). The van der Waals surface area contributed by atoms with E-state index in [-0.39, 0.29) is 44.8 Å². The second-order valence-corrected chi connectivity index (χ2v) is 16.4. The van der Waals surface area contributed by atoms with Crippen molar-refractivity contribution in [1.29, 1.82) is 0 Å². The Morgan fingerprint density at radius 3 is 1.35 bits per heavy atom. The smallest absolute Gasteiger partial charge is 0.305 e. The maximum atomic E-state index is 12.4. The highest BCUT2D eigenvalue weighted by molar-refractivity contribution is 5.69. The van der Waals surface area contributed by atoms with Crippen LogP contribution in [0.2, 0.25) is 0 Å². The Hall–Kier alpha value is -1.78. The molecule has 0 aliphatic carbocycles. The van der Waals surface area contributed by atoms with Crippen molar-refractivity contribution in [2.45, 2.75) is 237 Å². The minimum absolute atomic E-state index is 0.0155. The number of carbonyl (C=O) groups is 2. The minimum atomic E-state index is -0.917. The number of carbonyl (C=O) groups excluding carboxylic acids is 2. The van der Waals surface area contributed by atoms with E-state index in [4.69, 9.17) is 31.4 Å². The lowest BCUT2D eigenvalue weighted by atomic mass is 9.86. The van der Waals surface area contributed by atoms with Gasteiger partial charge in [-0.05, 0) is 89.9 Å². The zero-order chi connectivity index (χ0) is 41.9. The molecule has 0 aliphatic heterocycles. The SMILES string of the molecule is CCCCCCCC/C=C\CCCCCCCC(=O)OCCCC(N)C(CN)(CCCOC(=O)CCCCCCC/C=C\CCCCCCCC)OCC(O)CN. The van der Waals surface area contributed by atoms with Crippen molar-refractivity contribution in [1.82, 2.24) is 0 Å². The van der Waals surface area contributed by atoms with Gasteiger partial charge in [-0.1, -0.05) is 141 Å². The van der Waals surface area contributed by atoms with Crippen molar-refractivity contribution in [3.63, 3.8) is 0 Å². The van der Waals surface area contributed by atoms with Crippen LogP contribution in [0.3, 0.4) is 0 Å². The van der Waals surface area contributed by atoms with Crippen LogP contribution in [0.25, 0.3) is 0 Å². The third kappa shape index (κ3) is 35.9. The molecule has 0 aromatic rings. The number of hydrogen-bond donors (Lipinski definition) is 4. The van der Waals surface area contributed by atoms with Crippen LogP contribution >= 0.6 is 0 Å². The normalized spacial score (nSPS) is 14.0. The Morgan fingerprint density at radius 1 is 0.561 bits per heavy atom. The predicted octanol–water partition coefficient (Wildman–Crippen LogP) is 11.1. The minimum Gasteiger partial charge on any atom is -0.466 e. The molecule has 0 amide bonds. The van der Waals surface area contributed by atoms with Gasteiger partial charge in [-0.2, -0.15) is 0 Å². The van der Waals surface area contributed by atoms with Crippen molar-refractivity contribution in [2.24, 2.45) is 17.2 Å². The average Bonchev–Trinajstić information content (AvgIpc) is 3.21. The van der Waals surface area contributed by atoms with Gasteiger partial charge in [0.15, 0.2) is 0 Å². The molecule has 0 aliphatic rings. The van der Waals surface area contributed by atoms with Crippen LogP contribution in [0.15, 0.2) is 24.3 Å². The van der Waals surface area contributed by atoms with Crippen LogP contribution in [-0.2, 0) is 23.8 Å². The number of allylic oxidation sites excluding steroid dienone is 4. The van der Waals surface area contributed by atoms with Crippen molar-refractivity contribution in [2.75, 3.05) is 32.9 Å². The van der Waals surface area contributed by atoms with Crippen LogP contribution in [-0.4, -0.2) is 67.7 Å². The Labute approximate surface area is 351 Å². The highest BCUT2D eigenvalue weighted by Crippen LogP contribution is 2.25. The van der Waals surface area contributed by atoms with Gasteiger partial charge in [0.2, 0.25) is 0 Å². The molecule has 0 heterocycles. The van der Waals surface area contributed by atoms with Gasteiger partial charge in [0.05, 0.1) is 31.5 Å². The van der Waals surface area contributed by atoms with Gasteiger partial charge in [0, 0.05) is 32.0 Å². The topological polar surface area (TPSA) is 160 Å². The van der Waals surface area contributed by atoms with Gasteiger partial charge in [-0.25, -0.2) is 0 Å². The molecular formula is C48H93N3O6. The molecule has 0 fully saturated rings. The molecule has 3 atom stereocenters. The van der Waals surface area contributed by atoms with Gasteiger partial charge >= 0.3 is 11.9 Å². The van der Waals surface area contributed by atoms with Crippen LogP contribution < -0.4 is 17.2 Å². The van der Waals surface area contributed by atoms with Gasteiger partial charge in [-0.15, -0.1) is 0 Å². The summed E-state index contributed by atoms with van der Waals surface area (Å²) >= 11 is 0. The molecule has 7 N–H and O–H groups in total. The maximum absolute atomic E-state index is 12.4. The fourth-order valence-corrected chi connectivity index (χ4v) is 7.14. The second kappa shape index (κ2) is 42.3. The Kier molecular flexibility index (Phi) is 41.0. The highest BCUT2D eigenvalue weighted by Gasteiger charge is 2.36. The van der Waals surface area contributed by atoms with E-state index >= 15 is 0 Å². The van der Waals surface area contributed by atoms with E-state index < -0.39 is 17.7 Å². The number of unbranched alkanes of at least 4 members (excludes halogenated alkanes) is 22. The van der Waals surface area contributed by atoms with Crippen molar-refractivity contribution in [3.8, 4) is 0 Å². The third-order valence-electron chi connectivity index (χ3n) is 11.1. The van der Waals surface area contributed by atoms with Crippen molar-refractivity contribution in [3.05, 3.63) is 24.3 Å². The number of aliphatic hydroxyl groups excluding tert-OH is 1. The summed E-state index contributed by atoms with van der Waals surface area (Å²) in [6, 6.07) is -0.455. The first-order valence-electron chi connectivity index (χ1n) is 23.9.